The molecule has 4 nitrogen and oxygen atoms in total. The number of nitrogens with one attached hydrogen (secondary N) is 1. The average molecular weight is 289 g/mol. The van der Waals surface area contributed by atoms with Gasteiger partial charge in [-0.05, 0) is 63.7 Å². The number of hydrogen-bond donors (Lipinski definition) is 1. The number of nitrogens with zero attached hydrogens (tertiary/aromatic N) is 2. The van der Waals surface area contributed by atoms with Crippen LogP contribution in [0.5, 0.6) is 0 Å². The fourth-order valence-electron chi connectivity index (χ4n) is 3.21. The molecule has 1 aromatic carbocycles. The molecule has 0 aliphatic carbocycles. The summed E-state index contributed by atoms with van der Waals surface area (Å²) in [4.78, 5) is 4.83. The average Bonchev–Trinajstić information content (AvgIpc) is 2.74. The minimum atomic E-state index is 0.615. The van der Waals surface area contributed by atoms with Crippen molar-refractivity contribution in [2.24, 2.45) is 0 Å². The number of ether oxygens (including phenoxy) is 1. The van der Waals surface area contributed by atoms with E-state index in [-0.39, 0.29) is 0 Å². The molecule has 2 aliphatic heterocycles. The van der Waals surface area contributed by atoms with Crippen LogP contribution in [0, 0.1) is 0 Å². The van der Waals surface area contributed by atoms with Crippen molar-refractivity contribution in [2.75, 3.05) is 56.7 Å². The van der Waals surface area contributed by atoms with Crippen molar-refractivity contribution < 1.29 is 4.74 Å². The minimum Gasteiger partial charge on any atom is -0.382 e. The van der Waals surface area contributed by atoms with Crippen molar-refractivity contribution in [2.45, 2.75) is 25.3 Å². The van der Waals surface area contributed by atoms with Gasteiger partial charge in [-0.3, -0.25) is 0 Å². The van der Waals surface area contributed by atoms with Crippen LogP contribution in [0.2, 0.25) is 0 Å². The second-order valence-electron chi connectivity index (χ2n) is 6.22. The van der Waals surface area contributed by atoms with Crippen molar-refractivity contribution in [3.05, 3.63) is 24.3 Å². The molecule has 0 spiro atoms. The standard InChI is InChI=1S/C17H27N3O/c1-19-9-2-3-15(8-10-19)18-16-4-6-17(7-5-16)20-11-13-21-14-12-20/h4-7,15,18H,2-3,8-14H2,1H3. The Hall–Kier alpha value is -1.26. The molecule has 4 heteroatoms. The molecule has 1 aromatic rings. The number of benzene rings is 1. The van der Waals surface area contributed by atoms with E-state index in [0.717, 1.165) is 26.3 Å². The van der Waals surface area contributed by atoms with Gasteiger partial charge < -0.3 is 19.9 Å². The molecular formula is C17H27N3O. The Morgan fingerprint density at radius 1 is 1.00 bits per heavy atom. The molecular weight excluding hydrogens is 262 g/mol. The summed E-state index contributed by atoms with van der Waals surface area (Å²) >= 11 is 0. The highest BCUT2D eigenvalue weighted by Gasteiger charge is 2.15. The summed E-state index contributed by atoms with van der Waals surface area (Å²) in [5.41, 5.74) is 2.56. The van der Waals surface area contributed by atoms with Crippen LogP contribution in [-0.4, -0.2) is 57.4 Å². The first kappa shape index (κ1) is 14.7. The van der Waals surface area contributed by atoms with Gasteiger partial charge in [0.15, 0.2) is 0 Å². The first-order valence-electron chi connectivity index (χ1n) is 8.19. The lowest BCUT2D eigenvalue weighted by atomic mass is 10.1. The van der Waals surface area contributed by atoms with Gasteiger partial charge in [-0.2, -0.15) is 0 Å². The molecule has 2 saturated heterocycles. The van der Waals surface area contributed by atoms with Crippen LogP contribution in [0.1, 0.15) is 19.3 Å². The maximum Gasteiger partial charge on any atom is 0.0642 e. The zero-order valence-electron chi connectivity index (χ0n) is 13.1. The Morgan fingerprint density at radius 3 is 2.52 bits per heavy atom. The molecule has 1 unspecified atom stereocenters. The lowest BCUT2D eigenvalue weighted by molar-refractivity contribution is 0.122. The normalized spacial score (nSPS) is 24.6. The van der Waals surface area contributed by atoms with Crippen LogP contribution >= 0.6 is 0 Å². The first-order valence-corrected chi connectivity index (χ1v) is 8.19. The predicted molar refractivity (Wildman–Crippen MR) is 88.2 cm³/mol. The molecule has 0 aromatic heterocycles. The molecule has 0 saturated carbocycles. The van der Waals surface area contributed by atoms with E-state index in [1.54, 1.807) is 0 Å². The maximum absolute atomic E-state index is 5.41. The van der Waals surface area contributed by atoms with Crippen LogP contribution in [0.15, 0.2) is 24.3 Å². The first-order chi connectivity index (χ1) is 10.3. The third-order valence-corrected chi connectivity index (χ3v) is 4.57. The second-order valence-corrected chi connectivity index (χ2v) is 6.22. The van der Waals surface area contributed by atoms with Crippen molar-refractivity contribution >= 4 is 11.4 Å². The van der Waals surface area contributed by atoms with Gasteiger partial charge in [0.25, 0.3) is 0 Å². The highest BCUT2D eigenvalue weighted by molar-refractivity contribution is 5.55. The van der Waals surface area contributed by atoms with Gasteiger partial charge in [0.2, 0.25) is 0 Å². The summed E-state index contributed by atoms with van der Waals surface area (Å²) in [6.07, 6.45) is 3.80. The van der Waals surface area contributed by atoms with Crippen LogP contribution < -0.4 is 10.2 Å². The number of morpholine rings is 1. The summed E-state index contributed by atoms with van der Waals surface area (Å²) in [5, 5.41) is 3.70. The summed E-state index contributed by atoms with van der Waals surface area (Å²) in [5.74, 6) is 0. The van der Waals surface area contributed by atoms with Gasteiger partial charge >= 0.3 is 0 Å². The topological polar surface area (TPSA) is 27.7 Å². The van der Waals surface area contributed by atoms with E-state index in [1.165, 1.54) is 43.7 Å². The van der Waals surface area contributed by atoms with E-state index in [4.69, 9.17) is 4.74 Å². The van der Waals surface area contributed by atoms with Crippen LogP contribution in [-0.2, 0) is 4.74 Å². The van der Waals surface area contributed by atoms with Crippen molar-refractivity contribution in [3.63, 3.8) is 0 Å². The van der Waals surface area contributed by atoms with Crippen LogP contribution in [0.3, 0.4) is 0 Å². The monoisotopic (exact) mass is 289 g/mol. The van der Waals surface area contributed by atoms with Gasteiger partial charge in [0.05, 0.1) is 13.2 Å². The Kier molecular flexibility index (Phi) is 4.99. The third kappa shape index (κ3) is 4.11. The summed E-state index contributed by atoms with van der Waals surface area (Å²) in [6.45, 7) is 6.12. The summed E-state index contributed by atoms with van der Waals surface area (Å²) in [7, 11) is 2.22. The number of anilines is 2. The van der Waals surface area contributed by atoms with Gasteiger partial charge in [-0.25, -0.2) is 0 Å². The molecule has 2 fully saturated rings. The molecule has 1 atom stereocenters. The van der Waals surface area contributed by atoms with Crippen LogP contribution in [0.25, 0.3) is 0 Å². The maximum atomic E-state index is 5.41. The molecule has 3 rings (SSSR count). The molecule has 0 amide bonds. The Morgan fingerprint density at radius 2 is 1.76 bits per heavy atom. The molecule has 2 heterocycles. The molecule has 116 valence electrons. The molecule has 0 bridgehead atoms. The zero-order chi connectivity index (χ0) is 14.5. The number of rotatable bonds is 3. The minimum absolute atomic E-state index is 0.615. The molecule has 1 N–H and O–H groups in total. The van der Waals surface area contributed by atoms with Crippen molar-refractivity contribution in [1.82, 2.24) is 4.90 Å². The summed E-state index contributed by atoms with van der Waals surface area (Å²) < 4.78 is 5.41. The number of hydrogen-bond acceptors (Lipinski definition) is 4. The molecule has 0 radical (unpaired) electrons. The van der Waals surface area contributed by atoms with Gasteiger partial charge in [-0.15, -0.1) is 0 Å². The van der Waals surface area contributed by atoms with E-state index in [9.17, 15) is 0 Å². The predicted octanol–water partition coefficient (Wildman–Crippen LogP) is 2.42. The SMILES string of the molecule is CN1CCCC(Nc2ccc(N3CCOCC3)cc2)CC1. The Bertz CT molecular complexity index is 428. The van der Waals surface area contributed by atoms with Crippen LogP contribution in [0.4, 0.5) is 11.4 Å². The smallest absolute Gasteiger partial charge is 0.0642 e. The largest absolute Gasteiger partial charge is 0.382 e. The Labute approximate surface area is 128 Å². The molecule has 21 heavy (non-hydrogen) atoms. The highest BCUT2D eigenvalue weighted by atomic mass is 16.5. The highest BCUT2D eigenvalue weighted by Crippen LogP contribution is 2.21. The number of likely N-dealkylation sites (tertiary alicyclic amines) is 1. The van der Waals surface area contributed by atoms with Crippen molar-refractivity contribution in [1.29, 1.82) is 0 Å². The lowest BCUT2D eigenvalue weighted by Gasteiger charge is -2.29. The second kappa shape index (κ2) is 7.14. The third-order valence-electron chi connectivity index (χ3n) is 4.57. The van der Waals surface area contributed by atoms with Gasteiger partial charge in [0, 0.05) is 30.5 Å². The van der Waals surface area contributed by atoms with E-state index < -0.39 is 0 Å². The van der Waals surface area contributed by atoms with E-state index >= 15 is 0 Å². The Balaban J connectivity index is 1.56. The fourth-order valence-corrected chi connectivity index (χ4v) is 3.21. The van der Waals surface area contributed by atoms with Gasteiger partial charge in [0.1, 0.15) is 0 Å². The van der Waals surface area contributed by atoms with E-state index in [2.05, 4.69) is 46.4 Å². The quantitative estimate of drug-likeness (QED) is 0.925. The summed E-state index contributed by atoms with van der Waals surface area (Å²) in [6, 6.07) is 9.52. The zero-order valence-corrected chi connectivity index (χ0v) is 13.1. The van der Waals surface area contributed by atoms with Gasteiger partial charge in [-0.1, -0.05) is 0 Å². The lowest BCUT2D eigenvalue weighted by Crippen LogP contribution is -2.36. The van der Waals surface area contributed by atoms with E-state index in [0.29, 0.717) is 6.04 Å². The fraction of sp³-hybridized carbons (Fsp3) is 0.647. The van der Waals surface area contributed by atoms with Crippen molar-refractivity contribution in [3.8, 4) is 0 Å². The molecule has 2 aliphatic rings. The van der Waals surface area contributed by atoms with E-state index in [1.807, 2.05) is 0 Å².